The Kier molecular flexibility index (Phi) is 9.85. The SMILES string of the molecule is O=C(Nc1ccc(SCC(=O)c2ccc(Cl)cc2Cl)cc1)/C(=C/c1ccc(Cl)cc1)NC(=O)c1ccccc1. The highest BCUT2D eigenvalue weighted by Crippen LogP contribution is 2.26. The molecule has 0 radical (unpaired) electrons. The normalized spacial score (nSPS) is 11.1. The maximum atomic E-state index is 13.2. The Morgan fingerprint density at radius 1 is 0.769 bits per heavy atom. The molecular formula is C30H21Cl3N2O3S. The third-order valence-corrected chi connectivity index (χ3v) is 7.24. The van der Waals surface area contributed by atoms with Gasteiger partial charge in [0.05, 0.1) is 10.8 Å². The molecule has 2 N–H and O–H groups in total. The topological polar surface area (TPSA) is 75.3 Å². The maximum Gasteiger partial charge on any atom is 0.272 e. The predicted octanol–water partition coefficient (Wildman–Crippen LogP) is 8.03. The molecule has 0 saturated carbocycles. The lowest BCUT2D eigenvalue weighted by atomic mass is 10.1. The van der Waals surface area contributed by atoms with Gasteiger partial charge in [0.15, 0.2) is 5.78 Å². The van der Waals surface area contributed by atoms with Gasteiger partial charge in [-0.2, -0.15) is 0 Å². The second-order valence-electron chi connectivity index (χ2n) is 8.24. The van der Waals surface area contributed by atoms with Gasteiger partial charge in [0.25, 0.3) is 11.8 Å². The second-order valence-corrected chi connectivity index (χ2v) is 10.6. The molecule has 0 spiro atoms. The molecule has 0 heterocycles. The third-order valence-electron chi connectivity index (χ3n) is 5.42. The van der Waals surface area contributed by atoms with Gasteiger partial charge in [-0.25, -0.2) is 0 Å². The van der Waals surface area contributed by atoms with E-state index in [9.17, 15) is 14.4 Å². The Bertz CT molecular complexity index is 1520. The number of halogens is 3. The van der Waals surface area contributed by atoms with E-state index < -0.39 is 11.8 Å². The number of carbonyl (C=O) groups is 3. The monoisotopic (exact) mass is 594 g/mol. The summed E-state index contributed by atoms with van der Waals surface area (Å²) in [6, 6.07) is 27.3. The molecule has 4 aromatic carbocycles. The fraction of sp³-hybridized carbons (Fsp3) is 0.0333. The minimum absolute atomic E-state index is 0.0649. The van der Waals surface area contributed by atoms with Crippen molar-refractivity contribution in [1.82, 2.24) is 5.32 Å². The zero-order chi connectivity index (χ0) is 27.8. The third kappa shape index (κ3) is 8.22. The lowest BCUT2D eigenvalue weighted by Crippen LogP contribution is -2.30. The number of ketones is 1. The van der Waals surface area contributed by atoms with Crippen molar-refractivity contribution >= 4 is 75.9 Å². The molecule has 0 aliphatic heterocycles. The van der Waals surface area contributed by atoms with Crippen LogP contribution in [0.3, 0.4) is 0 Å². The van der Waals surface area contributed by atoms with Gasteiger partial charge in [-0.3, -0.25) is 14.4 Å². The smallest absolute Gasteiger partial charge is 0.272 e. The molecule has 0 atom stereocenters. The van der Waals surface area contributed by atoms with E-state index in [2.05, 4.69) is 10.6 Å². The summed E-state index contributed by atoms with van der Waals surface area (Å²) in [7, 11) is 0. The molecule has 0 fully saturated rings. The van der Waals surface area contributed by atoms with Crippen molar-refractivity contribution in [2.24, 2.45) is 0 Å². The minimum Gasteiger partial charge on any atom is -0.321 e. The summed E-state index contributed by atoms with van der Waals surface area (Å²) in [6.07, 6.45) is 1.57. The lowest BCUT2D eigenvalue weighted by molar-refractivity contribution is -0.113. The van der Waals surface area contributed by atoms with Crippen molar-refractivity contribution in [3.63, 3.8) is 0 Å². The molecule has 9 heteroatoms. The number of anilines is 1. The number of Topliss-reactive ketones (excluding diaryl/α,β-unsaturated/α-hetero) is 1. The highest BCUT2D eigenvalue weighted by Gasteiger charge is 2.16. The van der Waals surface area contributed by atoms with Gasteiger partial charge in [0.1, 0.15) is 5.70 Å². The van der Waals surface area contributed by atoms with Crippen molar-refractivity contribution in [2.75, 3.05) is 11.1 Å². The average molecular weight is 596 g/mol. The van der Waals surface area contributed by atoms with Crippen LogP contribution in [0.5, 0.6) is 0 Å². The Labute approximate surface area is 245 Å². The molecule has 39 heavy (non-hydrogen) atoms. The largest absolute Gasteiger partial charge is 0.321 e. The molecule has 4 aromatic rings. The molecule has 0 unspecified atom stereocenters. The van der Waals surface area contributed by atoms with Crippen LogP contribution in [0.1, 0.15) is 26.3 Å². The highest BCUT2D eigenvalue weighted by molar-refractivity contribution is 8.00. The zero-order valence-corrected chi connectivity index (χ0v) is 23.4. The minimum atomic E-state index is -0.498. The molecular weight excluding hydrogens is 575 g/mol. The van der Waals surface area contributed by atoms with Gasteiger partial charge < -0.3 is 10.6 Å². The first-order chi connectivity index (χ1) is 18.8. The van der Waals surface area contributed by atoms with Gasteiger partial charge in [0, 0.05) is 31.8 Å². The van der Waals surface area contributed by atoms with E-state index in [0.29, 0.717) is 37.4 Å². The van der Waals surface area contributed by atoms with E-state index in [4.69, 9.17) is 34.8 Å². The molecule has 196 valence electrons. The standard InChI is InChI=1S/C30H21Cl3N2O3S/c31-21-8-6-19(7-9-21)16-27(35-29(37)20-4-2-1-3-5-20)30(38)34-23-11-13-24(14-12-23)39-18-28(36)25-15-10-22(32)17-26(25)33/h1-17H,18H2,(H,34,38)(H,35,37)/b27-16-. The van der Waals surface area contributed by atoms with Crippen LogP contribution in [0, 0.1) is 0 Å². The average Bonchev–Trinajstić information content (AvgIpc) is 2.93. The van der Waals surface area contributed by atoms with E-state index >= 15 is 0 Å². The van der Waals surface area contributed by atoms with Gasteiger partial charge in [-0.05, 0) is 78.4 Å². The summed E-state index contributed by atoms with van der Waals surface area (Å²) in [6.45, 7) is 0. The molecule has 4 rings (SSSR count). The van der Waals surface area contributed by atoms with Crippen molar-refractivity contribution in [3.05, 3.63) is 135 Å². The molecule has 0 saturated heterocycles. The Morgan fingerprint density at radius 3 is 2.10 bits per heavy atom. The summed E-state index contributed by atoms with van der Waals surface area (Å²) in [5, 5.41) is 6.84. The van der Waals surface area contributed by atoms with Crippen LogP contribution in [0.25, 0.3) is 6.08 Å². The first kappa shape index (κ1) is 28.5. The number of rotatable bonds is 9. The summed E-state index contributed by atoms with van der Waals surface area (Å²) in [5.41, 5.74) is 2.11. The summed E-state index contributed by atoms with van der Waals surface area (Å²) >= 11 is 19.4. The van der Waals surface area contributed by atoms with Crippen molar-refractivity contribution in [1.29, 1.82) is 0 Å². The van der Waals surface area contributed by atoms with Crippen molar-refractivity contribution < 1.29 is 14.4 Å². The Hall–Kier alpha value is -3.55. The molecule has 0 bridgehead atoms. The van der Waals surface area contributed by atoms with Gasteiger partial charge >= 0.3 is 0 Å². The van der Waals surface area contributed by atoms with Crippen LogP contribution in [0.2, 0.25) is 15.1 Å². The fourth-order valence-corrected chi connectivity index (χ4v) is 4.86. The van der Waals surface area contributed by atoms with Crippen molar-refractivity contribution in [3.8, 4) is 0 Å². The van der Waals surface area contributed by atoms with Gasteiger partial charge in [0.2, 0.25) is 0 Å². The summed E-state index contributed by atoms with van der Waals surface area (Å²) in [5.74, 6) is -0.845. The summed E-state index contributed by atoms with van der Waals surface area (Å²) < 4.78 is 0. The van der Waals surface area contributed by atoms with Crippen LogP contribution >= 0.6 is 46.6 Å². The van der Waals surface area contributed by atoms with Crippen LogP contribution in [-0.4, -0.2) is 23.4 Å². The Morgan fingerprint density at radius 2 is 1.44 bits per heavy atom. The van der Waals surface area contributed by atoms with Gasteiger partial charge in [-0.15, -0.1) is 11.8 Å². The molecule has 0 aromatic heterocycles. The van der Waals surface area contributed by atoms with Crippen LogP contribution in [0.4, 0.5) is 5.69 Å². The number of hydrogen-bond donors (Lipinski definition) is 2. The molecule has 0 aliphatic carbocycles. The van der Waals surface area contributed by atoms with E-state index in [-0.39, 0.29) is 17.2 Å². The number of benzene rings is 4. The number of hydrogen-bond acceptors (Lipinski definition) is 4. The first-order valence-electron chi connectivity index (χ1n) is 11.6. The van der Waals surface area contributed by atoms with Crippen LogP contribution in [0.15, 0.2) is 108 Å². The molecule has 5 nitrogen and oxygen atoms in total. The highest BCUT2D eigenvalue weighted by atomic mass is 35.5. The number of thioether (sulfide) groups is 1. The van der Waals surface area contributed by atoms with E-state index in [1.165, 1.54) is 17.8 Å². The fourth-order valence-electron chi connectivity index (χ4n) is 3.44. The maximum absolute atomic E-state index is 13.2. The molecule has 2 amide bonds. The Balaban J connectivity index is 1.44. The lowest BCUT2D eigenvalue weighted by Gasteiger charge is -2.12. The van der Waals surface area contributed by atoms with E-state index in [0.717, 1.165) is 4.90 Å². The number of carbonyl (C=O) groups excluding carboxylic acids is 3. The van der Waals surface area contributed by atoms with Crippen LogP contribution < -0.4 is 10.6 Å². The number of amides is 2. The predicted molar refractivity (Wildman–Crippen MR) is 160 cm³/mol. The van der Waals surface area contributed by atoms with Crippen LogP contribution in [-0.2, 0) is 4.79 Å². The van der Waals surface area contributed by atoms with E-state index in [1.54, 1.807) is 97.1 Å². The number of nitrogens with one attached hydrogen (secondary N) is 2. The quantitative estimate of drug-likeness (QED) is 0.117. The van der Waals surface area contributed by atoms with E-state index in [1.807, 2.05) is 0 Å². The first-order valence-corrected chi connectivity index (χ1v) is 13.8. The molecule has 0 aliphatic rings. The van der Waals surface area contributed by atoms with Gasteiger partial charge in [-0.1, -0.05) is 65.1 Å². The second kappa shape index (κ2) is 13.5. The zero-order valence-electron chi connectivity index (χ0n) is 20.3. The van der Waals surface area contributed by atoms with Crippen molar-refractivity contribution in [2.45, 2.75) is 4.90 Å². The summed E-state index contributed by atoms with van der Waals surface area (Å²) in [4.78, 5) is 39.3.